The molecule has 0 unspecified atom stereocenters. The van der Waals surface area contributed by atoms with Crippen molar-refractivity contribution in [2.75, 3.05) is 12.9 Å². The Morgan fingerprint density at radius 1 is 1.27 bits per heavy atom. The Kier molecular flexibility index (Phi) is 6.96. The number of hydrogen-bond acceptors (Lipinski definition) is 6. The SMILES string of the molecule is CCS(=O)(=O)c1cc(-c2ccc(Cl)cc2)c[n+](OC)c1C(=O)N=c1sc(C(F)(F)F)nn1C. The van der Waals surface area contributed by atoms with E-state index < -0.39 is 32.6 Å². The van der Waals surface area contributed by atoms with Crippen molar-refractivity contribution in [3.8, 4) is 11.1 Å². The number of aromatic nitrogens is 3. The van der Waals surface area contributed by atoms with Crippen LogP contribution in [0.25, 0.3) is 11.1 Å². The zero-order valence-electron chi connectivity index (χ0n) is 17.4. The lowest BCUT2D eigenvalue weighted by Crippen LogP contribution is -2.47. The van der Waals surface area contributed by atoms with Crippen LogP contribution in [0.2, 0.25) is 5.02 Å². The Hall–Kier alpha value is -2.77. The highest BCUT2D eigenvalue weighted by Crippen LogP contribution is 2.29. The number of rotatable bonds is 5. The molecule has 0 bridgehead atoms. The van der Waals surface area contributed by atoms with Gasteiger partial charge >= 0.3 is 17.8 Å². The summed E-state index contributed by atoms with van der Waals surface area (Å²) in [6.45, 7) is 1.39. The van der Waals surface area contributed by atoms with Gasteiger partial charge in [-0.1, -0.05) is 42.0 Å². The molecule has 33 heavy (non-hydrogen) atoms. The zero-order chi connectivity index (χ0) is 24.6. The van der Waals surface area contributed by atoms with Crippen molar-refractivity contribution >= 4 is 38.7 Å². The number of amides is 1. The third kappa shape index (κ3) is 5.25. The van der Waals surface area contributed by atoms with Crippen LogP contribution < -0.4 is 14.4 Å². The molecule has 0 aliphatic rings. The van der Waals surface area contributed by atoms with Crippen LogP contribution >= 0.6 is 22.9 Å². The number of sulfone groups is 1. The number of nitrogens with zero attached hydrogens (tertiary/aromatic N) is 4. The monoisotopic (exact) mass is 521 g/mol. The van der Waals surface area contributed by atoms with Gasteiger partial charge in [-0.05, 0) is 23.8 Å². The molecule has 8 nitrogen and oxygen atoms in total. The maximum absolute atomic E-state index is 13.0. The smallest absolute Gasteiger partial charge is 0.274 e. The fraction of sp³-hybridized carbons (Fsp3) is 0.263. The van der Waals surface area contributed by atoms with E-state index in [-0.39, 0.29) is 26.8 Å². The molecule has 0 N–H and O–H groups in total. The van der Waals surface area contributed by atoms with Crippen LogP contribution in [-0.2, 0) is 23.1 Å². The second kappa shape index (κ2) is 9.23. The average molecular weight is 522 g/mol. The molecular formula is C19H17ClF3N4O4S2+. The summed E-state index contributed by atoms with van der Waals surface area (Å²) in [4.78, 5) is 21.2. The Morgan fingerprint density at radius 2 is 1.91 bits per heavy atom. The van der Waals surface area contributed by atoms with E-state index in [0.29, 0.717) is 16.1 Å². The third-order valence-corrected chi connectivity index (χ3v) is 7.47. The molecule has 0 spiro atoms. The number of pyridine rings is 1. The lowest BCUT2D eigenvalue weighted by atomic mass is 10.1. The molecular weight excluding hydrogens is 505 g/mol. The van der Waals surface area contributed by atoms with Crippen molar-refractivity contribution in [2.45, 2.75) is 18.0 Å². The molecule has 1 aromatic carbocycles. The van der Waals surface area contributed by atoms with Crippen molar-refractivity contribution in [2.24, 2.45) is 12.0 Å². The zero-order valence-corrected chi connectivity index (χ0v) is 19.8. The van der Waals surface area contributed by atoms with Gasteiger partial charge in [0, 0.05) is 16.8 Å². The summed E-state index contributed by atoms with van der Waals surface area (Å²) in [5.41, 5.74) is 0.538. The van der Waals surface area contributed by atoms with Crippen molar-refractivity contribution in [1.82, 2.24) is 9.78 Å². The van der Waals surface area contributed by atoms with Gasteiger partial charge in [-0.2, -0.15) is 23.3 Å². The second-order valence-corrected chi connectivity index (χ2v) is 10.2. The highest BCUT2D eigenvalue weighted by atomic mass is 35.5. The van der Waals surface area contributed by atoms with Gasteiger partial charge in [0.2, 0.25) is 16.0 Å². The van der Waals surface area contributed by atoms with Gasteiger partial charge in [0.15, 0.2) is 14.7 Å². The van der Waals surface area contributed by atoms with E-state index in [1.54, 1.807) is 24.3 Å². The molecule has 0 fully saturated rings. The largest absolute Gasteiger partial charge is 0.445 e. The molecule has 0 aliphatic carbocycles. The second-order valence-electron chi connectivity index (χ2n) is 6.59. The molecule has 0 atom stereocenters. The lowest BCUT2D eigenvalue weighted by Gasteiger charge is -2.08. The van der Waals surface area contributed by atoms with Crippen LogP contribution in [0.15, 0.2) is 46.4 Å². The van der Waals surface area contributed by atoms with Crippen LogP contribution in [0.5, 0.6) is 0 Å². The molecule has 2 heterocycles. The lowest BCUT2D eigenvalue weighted by molar-refractivity contribution is -0.887. The predicted octanol–water partition coefficient (Wildman–Crippen LogP) is 2.70. The normalized spacial score (nSPS) is 12.8. The first-order chi connectivity index (χ1) is 15.4. The van der Waals surface area contributed by atoms with Crippen molar-refractivity contribution in [3.63, 3.8) is 0 Å². The summed E-state index contributed by atoms with van der Waals surface area (Å²) in [5.74, 6) is -1.45. The fourth-order valence-electron chi connectivity index (χ4n) is 2.78. The van der Waals surface area contributed by atoms with Gasteiger partial charge in [0.05, 0.1) is 11.3 Å². The molecule has 0 radical (unpaired) electrons. The first-order valence-electron chi connectivity index (χ1n) is 9.20. The third-order valence-electron chi connectivity index (χ3n) is 4.43. The quantitative estimate of drug-likeness (QED) is 0.481. The summed E-state index contributed by atoms with van der Waals surface area (Å²) in [7, 11) is -1.57. The first-order valence-corrected chi connectivity index (χ1v) is 12.0. The molecule has 2 aromatic heterocycles. The number of alkyl halides is 3. The summed E-state index contributed by atoms with van der Waals surface area (Å²) in [6, 6.07) is 7.81. The minimum atomic E-state index is -4.72. The minimum Gasteiger partial charge on any atom is -0.274 e. The van der Waals surface area contributed by atoms with E-state index in [0.717, 1.165) is 9.41 Å². The van der Waals surface area contributed by atoms with Gasteiger partial charge in [-0.3, -0.25) is 9.63 Å². The van der Waals surface area contributed by atoms with Crippen LogP contribution in [0.1, 0.15) is 22.4 Å². The van der Waals surface area contributed by atoms with E-state index >= 15 is 0 Å². The van der Waals surface area contributed by atoms with E-state index in [4.69, 9.17) is 16.4 Å². The molecule has 0 saturated carbocycles. The molecule has 1 amide bonds. The van der Waals surface area contributed by atoms with E-state index in [2.05, 4.69) is 10.1 Å². The number of halogens is 4. The van der Waals surface area contributed by atoms with Gasteiger partial charge in [-0.15, -0.1) is 0 Å². The van der Waals surface area contributed by atoms with Crippen molar-refractivity contribution in [3.05, 3.63) is 57.1 Å². The number of carbonyl (C=O) groups is 1. The Balaban J connectivity index is 2.25. The Morgan fingerprint density at radius 3 is 2.42 bits per heavy atom. The molecule has 14 heteroatoms. The number of hydrogen-bond donors (Lipinski definition) is 0. The van der Waals surface area contributed by atoms with Gasteiger partial charge in [0.25, 0.3) is 0 Å². The van der Waals surface area contributed by atoms with E-state index in [1.165, 1.54) is 33.3 Å². The van der Waals surface area contributed by atoms with Crippen LogP contribution in [0, 0.1) is 0 Å². The van der Waals surface area contributed by atoms with Crippen molar-refractivity contribution in [1.29, 1.82) is 0 Å². The summed E-state index contributed by atoms with van der Waals surface area (Å²) in [6.07, 6.45) is -3.35. The van der Waals surface area contributed by atoms with E-state index in [1.807, 2.05) is 0 Å². The van der Waals surface area contributed by atoms with Gasteiger partial charge in [0.1, 0.15) is 7.11 Å². The van der Waals surface area contributed by atoms with E-state index in [9.17, 15) is 26.4 Å². The Labute approximate surface area is 195 Å². The highest BCUT2D eigenvalue weighted by molar-refractivity contribution is 7.91. The molecule has 0 aliphatic heterocycles. The molecule has 3 rings (SSSR count). The standard InChI is InChI=1S/C19H17ClF3N4O4S2/c1-4-33(29,30)14-9-12(11-5-7-13(20)8-6-11)10-27(31-3)15(14)16(28)24-18-26(2)25-17(32-18)19(21,22)23/h5-10H,4H2,1-3H3/q+1. The van der Waals surface area contributed by atoms with Gasteiger partial charge in [-0.25, -0.2) is 13.1 Å². The first kappa shape index (κ1) is 24.9. The van der Waals surface area contributed by atoms with Crippen LogP contribution in [0.4, 0.5) is 13.2 Å². The predicted molar refractivity (Wildman–Crippen MR) is 113 cm³/mol. The van der Waals surface area contributed by atoms with Crippen LogP contribution in [-0.4, -0.2) is 37.0 Å². The molecule has 3 aromatic rings. The van der Waals surface area contributed by atoms with Gasteiger partial charge < -0.3 is 0 Å². The average Bonchev–Trinajstić information content (AvgIpc) is 3.13. The molecule has 176 valence electrons. The summed E-state index contributed by atoms with van der Waals surface area (Å²) >= 11 is 6.06. The maximum atomic E-state index is 13.0. The number of carbonyl (C=O) groups excluding carboxylic acids is 1. The maximum Gasteiger partial charge on any atom is 0.445 e. The molecule has 0 saturated heterocycles. The van der Waals surface area contributed by atoms with Crippen molar-refractivity contribution < 1.29 is 36.0 Å². The minimum absolute atomic E-state index is 0.151. The number of benzene rings is 1. The summed E-state index contributed by atoms with van der Waals surface area (Å²) < 4.78 is 66.2. The Bertz CT molecular complexity index is 1380. The highest BCUT2D eigenvalue weighted by Gasteiger charge is 2.37. The fourth-order valence-corrected chi connectivity index (χ4v) is 4.75. The topological polar surface area (TPSA) is 94.5 Å². The number of aryl methyl sites for hydroxylation is 1. The summed E-state index contributed by atoms with van der Waals surface area (Å²) in [5, 5.41) is 2.59. The van der Waals surface area contributed by atoms with Crippen LogP contribution in [0.3, 0.4) is 0 Å².